The summed E-state index contributed by atoms with van der Waals surface area (Å²) in [6.45, 7) is 2.13. The van der Waals surface area contributed by atoms with Crippen LogP contribution >= 0.6 is 11.6 Å². The topological polar surface area (TPSA) is 99.5 Å². The van der Waals surface area contributed by atoms with Crippen molar-refractivity contribution in [2.45, 2.75) is 45.3 Å². The highest BCUT2D eigenvalue weighted by molar-refractivity contribution is 6.31. The van der Waals surface area contributed by atoms with E-state index in [1.165, 1.54) is 26.2 Å². The third-order valence-corrected chi connectivity index (χ3v) is 5.86. The summed E-state index contributed by atoms with van der Waals surface area (Å²) in [6, 6.07) is 9.44. The van der Waals surface area contributed by atoms with Gasteiger partial charge in [0.15, 0.2) is 6.10 Å². The van der Waals surface area contributed by atoms with Crippen LogP contribution in [0.1, 0.15) is 42.4 Å². The van der Waals surface area contributed by atoms with Crippen molar-refractivity contribution in [3.05, 3.63) is 63.2 Å². The number of amides is 1. The highest BCUT2D eigenvalue weighted by Gasteiger charge is 2.21. The molecular weight excluding hydrogens is 446 g/mol. The van der Waals surface area contributed by atoms with E-state index in [1.807, 2.05) is 0 Å². The zero-order valence-corrected chi connectivity index (χ0v) is 19.1. The van der Waals surface area contributed by atoms with Crippen LogP contribution in [0, 0.1) is 0 Å². The molecule has 172 valence electrons. The molecule has 1 amide bonds. The van der Waals surface area contributed by atoms with Crippen LogP contribution in [0.3, 0.4) is 0 Å². The molecule has 1 aliphatic rings. The second-order valence-corrected chi connectivity index (χ2v) is 8.35. The Hall–Kier alpha value is -3.39. The predicted molar refractivity (Wildman–Crippen MR) is 125 cm³/mol. The first-order valence-electron chi connectivity index (χ1n) is 10.8. The van der Waals surface area contributed by atoms with Crippen LogP contribution in [-0.4, -0.2) is 34.6 Å². The van der Waals surface area contributed by atoms with E-state index in [2.05, 4.69) is 10.3 Å². The lowest BCUT2D eigenvalue weighted by atomic mass is 10.1. The standard InChI is InChI=1S/C24H24ClN3O5/c1-14(22(29)27-19-13-16(25)8-10-20(19)32-2)33-24(31)15-7-9-17-18(12-15)26-21-6-4-3-5-11-28(21)23(17)30/h7-10,12-14H,3-6,11H2,1-2H3,(H,27,29). The van der Waals surface area contributed by atoms with E-state index in [9.17, 15) is 14.4 Å². The van der Waals surface area contributed by atoms with Gasteiger partial charge in [0.2, 0.25) is 0 Å². The number of fused-ring (bicyclic) bond motifs is 2. The highest BCUT2D eigenvalue weighted by Crippen LogP contribution is 2.28. The Bertz CT molecular complexity index is 1290. The zero-order valence-electron chi connectivity index (χ0n) is 18.4. The number of ether oxygens (including phenoxy) is 2. The summed E-state index contributed by atoms with van der Waals surface area (Å²) in [5.41, 5.74) is 0.935. The van der Waals surface area contributed by atoms with Gasteiger partial charge in [-0.1, -0.05) is 18.0 Å². The molecule has 0 aliphatic carbocycles. The van der Waals surface area contributed by atoms with Gasteiger partial charge in [-0.05, 0) is 56.2 Å². The number of rotatable bonds is 5. The number of benzene rings is 2. The van der Waals surface area contributed by atoms with E-state index in [4.69, 9.17) is 21.1 Å². The summed E-state index contributed by atoms with van der Waals surface area (Å²) in [5, 5.41) is 3.53. The van der Waals surface area contributed by atoms with Gasteiger partial charge in [0, 0.05) is 18.0 Å². The fourth-order valence-electron chi connectivity index (χ4n) is 3.84. The number of methoxy groups -OCH3 is 1. The summed E-state index contributed by atoms with van der Waals surface area (Å²) in [6.07, 6.45) is 2.62. The van der Waals surface area contributed by atoms with Crippen molar-refractivity contribution in [1.29, 1.82) is 0 Å². The molecule has 0 radical (unpaired) electrons. The molecule has 2 heterocycles. The molecule has 1 atom stereocenters. The summed E-state index contributed by atoms with van der Waals surface area (Å²) in [5.74, 6) is -0.0584. The quantitative estimate of drug-likeness (QED) is 0.567. The van der Waals surface area contributed by atoms with Crippen molar-refractivity contribution >= 4 is 40.1 Å². The Morgan fingerprint density at radius 3 is 2.76 bits per heavy atom. The number of esters is 1. The second-order valence-electron chi connectivity index (χ2n) is 7.91. The maximum atomic E-state index is 12.9. The Kier molecular flexibility index (Phi) is 6.65. The third-order valence-electron chi connectivity index (χ3n) is 5.62. The van der Waals surface area contributed by atoms with E-state index in [0.29, 0.717) is 33.9 Å². The number of aryl methyl sites for hydroxylation is 1. The molecule has 1 unspecified atom stereocenters. The lowest BCUT2D eigenvalue weighted by Gasteiger charge is -2.16. The van der Waals surface area contributed by atoms with Gasteiger partial charge in [0.25, 0.3) is 11.5 Å². The minimum absolute atomic E-state index is 0.0972. The molecule has 0 saturated heterocycles. The minimum atomic E-state index is -1.08. The fourth-order valence-corrected chi connectivity index (χ4v) is 4.01. The molecule has 2 aromatic carbocycles. The van der Waals surface area contributed by atoms with Gasteiger partial charge in [-0.2, -0.15) is 0 Å². The number of halogens is 1. The van der Waals surface area contributed by atoms with Crippen molar-refractivity contribution in [2.75, 3.05) is 12.4 Å². The van der Waals surface area contributed by atoms with Gasteiger partial charge in [-0.15, -0.1) is 0 Å². The van der Waals surface area contributed by atoms with Crippen LogP contribution in [0.25, 0.3) is 10.9 Å². The smallest absolute Gasteiger partial charge is 0.338 e. The van der Waals surface area contributed by atoms with Gasteiger partial charge in [0.1, 0.15) is 11.6 Å². The van der Waals surface area contributed by atoms with Crippen LogP contribution in [0.2, 0.25) is 5.02 Å². The summed E-state index contributed by atoms with van der Waals surface area (Å²) in [7, 11) is 1.47. The van der Waals surface area contributed by atoms with Crippen molar-refractivity contribution in [1.82, 2.24) is 9.55 Å². The fraction of sp³-hybridized carbons (Fsp3) is 0.333. The Morgan fingerprint density at radius 1 is 1.15 bits per heavy atom. The first kappa shape index (κ1) is 22.8. The lowest BCUT2D eigenvalue weighted by Crippen LogP contribution is -2.30. The molecule has 4 rings (SSSR count). The van der Waals surface area contributed by atoms with Crippen molar-refractivity contribution in [3.8, 4) is 5.75 Å². The van der Waals surface area contributed by atoms with Crippen molar-refractivity contribution in [3.63, 3.8) is 0 Å². The van der Waals surface area contributed by atoms with Crippen LogP contribution < -0.4 is 15.6 Å². The molecule has 0 bridgehead atoms. The molecule has 0 spiro atoms. The van der Waals surface area contributed by atoms with Gasteiger partial charge in [-0.25, -0.2) is 9.78 Å². The number of nitrogens with one attached hydrogen (secondary N) is 1. The number of anilines is 1. The highest BCUT2D eigenvalue weighted by atomic mass is 35.5. The number of aromatic nitrogens is 2. The summed E-state index contributed by atoms with van der Waals surface area (Å²) in [4.78, 5) is 42.8. The zero-order chi connectivity index (χ0) is 23.5. The molecule has 3 aromatic rings. The van der Waals surface area contributed by atoms with Crippen molar-refractivity contribution < 1.29 is 19.1 Å². The SMILES string of the molecule is COc1ccc(Cl)cc1NC(=O)C(C)OC(=O)c1ccc2c(=O)n3c(nc2c1)CCCCC3. The van der Waals surface area contributed by atoms with E-state index in [-0.39, 0.29) is 11.1 Å². The normalized spacial score (nSPS) is 14.2. The van der Waals surface area contributed by atoms with E-state index < -0.39 is 18.0 Å². The van der Waals surface area contributed by atoms with Crippen LogP contribution in [0.4, 0.5) is 5.69 Å². The predicted octanol–water partition coefficient (Wildman–Crippen LogP) is 3.97. The van der Waals surface area contributed by atoms with Crippen LogP contribution in [-0.2, 0) is 22.5 Å². The van der Waals surface area contributed by atoms with Gasteiger partial charge in [0.05, 0.1) is 29.3 Å². The Morgan fingerprint density at radius 2 is 1.97 bits per heavy atom. The Balaban J connectivity index is 1.52. The average molecular weight is 470 g/mol. The largest absolute Gasteiger partial charge is 0.495 e. The van der Waals surface area contributed by atoms with Crippen molar-refractivity contribution in [2.24, 2.45) is 0 Å². The number of nitrogens with zero attached hydrogens (tertiary/aromatic N) is 2. The van der Waals surface area contributed by atoms with E-state index >= 15 is 0 Å². The molecule has 1 N–H and O–H groups in total. The molecule has 33 heavy (non-hydrogen) atoms. The maximum absolute atomic E-state index is 12.9. The van der Waals surface area contributed by atoms with Gasteiger partial charge < -0.3 is 14.8 Å². The molecule has 8 nitrogen and oxygen atoms in total. The lowest BCUT2D eigenvalue weighted by molar-refractivity contribution is -0.123. The number of hydrogen-bond donors (Lipinski definition) is 1. The molecule has 0 saturated carbocycles. The maximum Gasteiger partial charge on any atom is 0.338 e. The molecule has 1 aromatic heterocycles. The number of carbonyl (C=O) groups is 2. The molecule has 1 aliphatic heterocycles. The molecule has 9 heteroatoms. The van der Waals surface area contributed by atoms with Gasteiger partial charge >= 0.3 is 5.97 Å². The van der Waals surface area contributed by atoms with Gasteiger partial charge in [-0.3, -0.25) is 14.2 Å². The second kappa shape index (κ2) is 9.62. The average Bonchev–Trinajstić information content (AvgIpc) is 3.04. The van der Waals surface area contributed by atoms with E-state index in [0.717, 1.165) is 31.5 Å². The Labute approximate surface area is 195 Å². The first-order chi connectivity index (χ1) is 15.9. The molecule has 0 fully saturated rings. The summed E-state index contributed by atoms with van der Waals surface area (Å²) < 4.78 is 12.3. The third kappa shape index (κ3) is 4.85. The summed E-state index contributed by atoms with van der Waals surface area (Å²) >= 11 is 5.99. The number of hydrogen-bond acceptors (Lipinski definition) is 6. The molecular formula is C24H24ClN3O5. The monoisotopic (exact) mass is 469 g/mol. The van der Waals surface area contributed by atoms with Crippen LogP contribution in [0.5, 0.6) is 5.75 Å². The first-order valence-corrected chi connectivity index (χ1v) is 11.1. The number of carbonyl (C=O) groups excluding carboxylic acids is 2. The van der Waals surface area contributed by atoms with E-state index in [1.54, 1.807) is 28.8 Å². The minimum Gasteiger partial charge on any atom is -0.495 e. The van der Waals surface area contributed by atoms with Crippen LogP contribution in [0.15, 0.2) is 41.2 Å².